The monoisotopic (exact) mass is 1240 g/mol. The van der Waals surface area contributed by atoms with Crippen molar-refractivity contribution in [2.45, 2.75) is 380 Å². The van der Waals surface area contributed by atoms with Crippen LogP contribution in [0.15, 0.2) is 10.6 Å². The van der Waals surface area contributed by atoms with Crippen molar-refractivity contribution in [3.05, 3.63) is 10.6 Å². The van der Waals surface area contributed by atoms with Crippen LogP contribution < -0.4 is 0 Å². The average Bonchev–Trinajstić information content (AvgIpc) is 1.72. The van der Waals surface area contributed by atoms with Gasteiger partial charge in [-0.05, 0) is 151 Å². The lowest BCUT2D eigenvalue weighted by Gasteiger charge is -2.58. The summed E-state index contributed by atoms with van der Waals surface area (Å²) in [5, 5.41) is 10.1. The lowest BCUT2D eigenvalue weighted by atomic mass is 9.47. The number of halogens is 1. The predicted molar refractivity (Wildman–Crippen MR) is 361 cm³/mol. The molecule has 0 aromatic carbocycles. The van der Waals surface area contributed by atoms with Crippen molar-refractivity contribution in [3.63, 3.8) is 0 Å². The summed E-state index contributed by atoms with van der Waals surface area (Å²) >= 11 is 6.69. The number of Topliss-reactive ketones (excluding diaryl/α,β-unsaturated/α-hetero) is 1. The maximum atomic E-state index is 13.8. The number of aliphatic hydroxyl groups is 1. The molecule has 506 valence electrons. The molecule has 11 heteroatoms. The molecule has 3 fully saturated rings. The fourth-order valence-corrected chi connectivity index (χ4v) is 16.7. The van der Waals surface area contributed by atoms with Crippen molar-refractivity contribution >= 4 is 35.3 Å². The predicted octanol–water partition coefficient (Wildman–Crippen LogP) is 21.0. The molecule has 0 saturated heterocycles. The molecule has 0 spiro atoms. The summed E-state index contributed by atoms with van der Waals surface area (Å²) in [4.78, 5) is 55.6. The second-order valence-electron chi connectivity index (χ2n) is 28.6. The normalized spacial score (nSPS) is 22.2. The van der Waals surface area contributed by atoms with Crippen LogP contribution in [0.25, 0.3) is 0 Å². The van der Waals surface area contributed by atoms with E-state index in [1.807, 2.05) is 0 Å². The Bertz CT molecular complexity index is 1820. The lowest BCUT2D eigenvalue weighted by Crippen LogP contribution is -2.52. The van der Waals surface area contributed by atoms with Crippen LogP contribution in [0.2, 0.25) is 0 Å². The molecule has 0 aromatic rings. The van der Waals surface area contributed by atoms with Gasteiger partial charge >= 0.3 is 17.9 Å². The Labute approximate surface area is 539 Å². The number of unbranched alkanes of at least 4 members (excludes halogenated alkanes) is 30. The third-order valence-corrected chi connectivity index (χ3v) is 22.2. The number of ether oxygens (including phenoxy) is 4. The molecule has 0 heterocycles. The van der Waals surface area contributed by atoms with E-state index in [4.69, 9.17) is 30.5 Å². The van der Waals surface area contributed by atoms with E-state index in [-0.39, 0.29) is 59.4 Å². The van der Waals surface area contributed by atoms with E-state index in [0.29, 0.717) is 74.8 Å². The fourth-order valence-electron chi connectivity index (χ4n) is 16.3. The minimum atomic E-state index is -0.115. The first kappa shape index (κ1) is 77.4. The number of esters is 3. The molecule has 0 amide bonds. The summed E-state index contributed by atoms with van der Waals surface area (Å²) in [5.74, 6) is 1.53. The van der Waals surface area contributed by atoms with Gasteiger partial charge in [0.25, 0.3) is 0 Å². The van der Waals surface area contributed by atoms with E-state index in [1.165, 1.54) is 173 Å². The molecular weight excluding hydrogens is 1110 g/mol. The van der Waals surface area contributed by atoms with E-state index in [2.05, 4.69) is 39.5 Å². The Morgan fingerprint density at radius 2 is 1.02 bits per heavy atom. The largest absolute Gasteiger partial charge is 0.466 e. The quantitative estimate of drug-likeness (QED) is 0.0357. The van der Waals surface area contributed by atoms with Crippen LogP contribution in [-0.4, -0.2) is 91.5 Å². The molecule has 7 unspecified atom stereocenters. The Kier molecular flexibility index (Phi) is 42.6. The highest BCUT2D eigenvalue weighted by Crippen LogP contribution is 2.66. The van der Waals surface area contributed by atoms with Crippen LogP contribution >= 0.6 is 11.6 Å². The molecule has 10 nitrogen and oxygen atoms in total. The Morgan fingerprint density at radius 1 is 0.517 bits per heavy atom. The summed E-state index contributed by atoms with van der Waals surface area (Å²) < 4.78 is 24.4. The zero-order valence-corrected chi connectivity index (χ0v) is 58.1. The minimum Gasteiger partial charge on any atom is -0.466 e. The minimum absolute atomic E-state index is 0.00257. The van der Waals surface area contributed by atoms with Crippen LogP contribution in [0.4, 0.5) is 0 Å². The van der Waals surface area contributed by atoms with Gasteiger partial charge in [0, 0.05) is 43.7 Å². The van der Waals surface area contributed by atoms with Crippen molar-refractivity contribution in [1.82, 2.24) is 4.90 Å². The Balaban J connectivity index is 1.28. The lowest BCUT2D eigenvalue weighted by molar-refractivity contribution is -0.160. The number of fused-ring (bicyclic) bond motifs is 5. The van der Waals surface area contributed by atoms with Crippen molar-refractivity contribution in [2.24, 2.45) is 28.6 Å². The SMILES string of the molecule is CCCCCCCCCCCCCCOC(=O)CCCC(CCCC(=O)OC(CCCCCCCCCCC)CCCCCCCCCCC)N(CCCCCCC(=O)OC1CCC2C3CCC4=C(Cl)C(=O)CCC4(C)C3CCC12C)CCOCCO. The summed E-state index contributed by atoms with van der Waals surface area (Å²) in [6.45, 7) is 14.4. The first-order chi connectivity index (χ1) is 42.4. The average molecular weight is 1240 g/mol. The van der Waals surface area contributed by atoms with E-state index >= 15 is 0 Å². The molecule has 4 aliphatic rings. The van der Waals surface area contributed by atoms with E-state index in [0.717, 1.165) is 141 Å². The molecule has 4 rings (SSSR count). The molecule has 7 atom stereocenters. The molecule has 87 heavy (non-hydrogen) atoms. The molecule has 1 N–H and O–H groups in total. The standard InChI is InChI=1S/C76H136ClNO9/c1-6-9-12-15-18-21-22-23-26-29-34-39-60-85-71(81)47-40-42-63(43-41-48-72(82)86-64(44-35-30-27-24-19-16-13-10-7-2)45-36-31-28-25-20-17-14-11-8-3)78(58-61-84-62-59-79)57-38-33-32-37-46-73(83)87-70-52-51-66-65-49-50-68-74(77)69(80)54-56-75(68,4)67(65)53-55-76(66,70)5/h63-67,70,79H,6-62H2,1-5H3. The van der Waals surface area contributed by atoms with E-state index < -0.39 is 0 Å². The molecule has 3 saturated carbocycles. The second-order valence-corrected chi connectivity index (χ2v) is 29.0. The van der Waals surface area contributed by atoms with E-state index in [1.54, 1.807) is 0 Å². The summed E-state index contributed by atoms with van der Waals surface area (Å²) in [6.07, 6.45) is 56.0. The molecule has 4 aliphatic carbocycles. The number of nitrogens with zero attached hydrogens (tertiary/aromatic N) is 1. The number of ketones is 1. The maximum Gasteiger partial charge on any atom is 0.306 e. The zero-order chi connectivity index (χ0) is 62.6. The number of hydrogen-bond acceptors (Lipinski definition) is 10. The van der Waals surface area contributed by atoms with E-state index in [9.17, 15) is 24.3 Å². The van der Waals surface area contributed by atoms with Crippen LogP contribution in [-0.2, 0) is 38.1 Å². The summed E-state index contributed by atoms with van der Waals surface area (Å²) in [6, 6.07) is 0.153. The third kappa shape index (κ3) is 30.5. The van der Waals surface area contributed by atoms with Gasteiger partial charge in [-0.1, -0.05) is 232 Å². The number of hydrogen-bond donors (Lipinski definition) is 1. The van der Waals surface area contributed by atoms with Crippen LogP contribution in [0, 0.1) is 28.6 Å². The third-order valence-electron chi connectivity index (χ3n) is 21.7. The van der Waals surface area contributed by atoms with Gasteiger partial charge in [0.15, 0.2) is 5.78 Å². The second kappa shape index (κ2) is 47.8. The number of carbonyl (C=O) groups is 4. The number of aliphatic hydroxyl groups excluding tert-OH is 1. The maximum absolute atomic E-state index is 13.8. The van der Waals surface area contributed by atoms with Crippen LogP contribution in [0.3, 0.4) is 0 Å². The highest BCUT2D eigenvalue weighted by Gasteiger charge is 2.60. The van der Waals surface area contributed by atoms with Crippen molar-refractivity contribution in [2.75, 3.05) is 39.5 Å². The molecule has 0 aromatic heterocycles. The fraction of sp³-hybridized carbons (Fsp3) is 0.921. The summed E-state index contributed by atoms with van der Waals surface area (Å²) in [5.41, 5.74) is 1.22. The topological polar surface area (TPSA) is 129 Å². The van der Waals surface area contributed by atoms with Gasteiger partial charge in [-0.15, -0.1) is 0 Å². The number of rotatable bonds is 56. The van der Waals surface area contributed by atoms with Crippen molar-refractivity contribution in [1.29, 1.82) is 0 Å². The summed E-state index contributed by atoms with van der Waals surface area (Å²) in [7, 11) is 0. The van der Waals surface area contributed by atoms with Crippen LogP contribution in [0.1, 0.15) is 362 Å². The molecular formula is C76H136ClNO9. The van der Waals surface area contributed by atoms with Gasteiger partial charge < -0.3 is 24.1 Å². The van der Waals surface area contributed by atoms with Gasteiger partial charge in [0.2, 0.25) is 0 Å². The van der Waals surface area contributed by atoms with Crippen molar-refractivity contribution < 1.29 is 43.2 Å². The van der Waals surface area contributed by atoms with Gasteiger partial charge in [0.05, 0.1) is 31.5 Å². The molecule has 0 radical (unpaired) electrons. The number of carbonyl (C=O) groups excluding carboxylic acids is 4. The Morgan fingerprint density at radius 3 is 1.59 bits per heavy atom. The van der Waals surface area contributed by atoms with Crippen LogP contribution in [0.5, 0.6) is 0 Å². The van der Waals surface area contributed by atoms with Gasteiger partial charge in [-0.25, -0.2) is 0 Å². The highest BCUT2D eigenvalue weighted by atomic mass is 35.5. The molecule has 0 aliphatic heterocycles. The number of allylic oxidation sites excluding steroid dienone is 1. The Hall–Kier alpha value is -2.01. The molecule has 0 bridgehead atoms. The zero-order valence-electron chi connectivity index (χ0n) is 57.3. The highest BCUT2D eigenvalue weighted by molar-refractivity contribution is 6.43. The first-order valence-electron chi connectivity index (χ1n) is 37.8. The van der Waals surface area contributed by atoms with Gasteiger partial charge in [-0.3, -0.25) is 24.1 Å². The smallest absolute Gasteiger partial charge is 0.306 e. The van der Waals surface area contributed by atoms with Crippen molar-refractivity contribution in [3.8, 4) is 0 Å². The van der Waals surface area contributed by atoms with Gasteiger partial charge in [0.1, 0.15) is 12.2 Å². The van der Waals surface area contributed by atoms with Gasteiger partial charge in [-0.2, -0.15) is 0 Å². The first-order valence-corrected chi connectivity index (χ1v) is 38.2.